The number of alkyl carbamates (subject to hydrolysis) is 1. The van der Waals surface area contributed by atoms with Crippen LogP contribution in [0.4, 0.5) is 4.79 Å². The second-order valence-corrected chi connectivity index (χ2v) is 5.09. The van der Waals surface area contributed by atoms with Gasteiger partial charge in [0.25, 0.3) is 0 Å². The lowest BCUT2D eigenvalue weighted by Gasteiger charge is -2.20. The average molecular weight is 281 g/mol. The van der Waals surface area contributed by atoms with Gasteiger partial charge < -0.3 is 13.9 Å². The molecule has 20 heavy (non-hydrogen) atoms. The Kier molecular flexibility index (Phi) is 5.37. The number of amides is 1. The predicted molar refractivity (Wildman–Crippen MR) is 72.7 cm³/mol. The third kappa shape index (κ3) is 6.63. The molecule has 1 amide bonds. The summed E-state index contributed by atoms with van der Waals surface area (Å²) in [4.78, 5) is 22.5. The van der Waals surface area contributed by atoms with E-state index in [1.165, 1.54) is 13.2 Å². The molecule has 0 aliphatic heterocycles. The third-order valence-corrected chi connectivity index (χ3v) is 1.95. The summed E-state index contributed by atoms with van der Waals surface area (Å²) in [6.45, 7) is 6.49. The molecule has 0 unspecified atom stereocenters. The highest BCUT2D eigenvalue weighted by Gasteiger charge is 2.17. The van der Waals surface area contributed by atoms with Crippen molar-refractivity contribution in [1.29, 1.82) is 0 Å². The summed E-state index contributed by atoms with van der Waals surface area (Å²) < 4.78 is 15.1. The standard InChI is InChI=1S/C14H19NO5/c1-10(16)19-9-11(8-12-6-5-7-18-12)15-13(17)20-14(2,3)4/h5-8H,9H2,1-4H3,(H,15,17)/b11-8-. The molecule has 0 spiro atoms. The van der Waals surface area contributed by atoms with Gasteiger partial charge in [0.15, 0.2) is 0 Å². The number of furan rings is 1. The van der Waals surface area contributed by atoms with Gasteiger partial charge in [0.2, 0.25) is 0 Å². The summed E-state index contributed by atoms with van der Waals surface area (Å²) in [6, 6.07) is 3.42. The summed E-state index contributed by atoms with van der Waals surface area (Å²) in [7, 11) is 0. The van der Waals surface area contributed by atoms with Crippen LogP contribution in [-0.2, 0) is 14.3 Å². The molecule has 1 rings (SSSR count). The Bertz CT molecular complexity index is 482. The highest BCUT2D eigenvalue weighted by Crippen LogP contribution is 2.10. The molecule has 6 heteroatoms. The van der Waals surface area contributed by atoms with Gasteiger partial charge in [-0.3, -0.25) is 10.1 Å². The van der Waals surface area contributed by atoms with Gasteiger partial charge >= 0.3 is 12.1 Å². The van der Waals surface area contributed by atoms with Gasteiger partial charge in [0, 0.05) is 13.0 Å². The van der Waals surface area contributed by atoms with Gasteiger partial charge in [-0.1, -0.05) is 0 Å². The number of esters is 1. The first-order chi connectivity index (χ1) is 9.26. The summed E-state index contributed by atoms with van der Waals surface area (Å²) >= 11 is 0. The minimum absolute atomic E-state index is 0.0741. The van der Waals surface area contributed by atoms with Crippen LogP contribution in [0.25, 0.3) is 6.08 Å². The van der Waals surface area contributed by atoms with E-state index in [2.05, 4.69) is 5.32 Å². The second-order valence-electron chi connectivity index (χ2n) is 5.09. The van der Waals surface area contributed by atoms with Gasteiger partial charge in [-0.25, -0.2) is 4.79 Å². The maximum absolute atomic E-state index is 11.7. The van der Waals surface area contributed by atoms with Crippen LogP contribution in [0.1, 0.15) is 33.5 Å². The molecular formula is C14H19NO5. The van der Waals surface area contributed by atoms with Gasteiger partial charge in [0.05, 0.1) is 12.0 Å². The Hall–Kier alpha value is -2.24. The molecule has 1 heterocycles. The molecule has 0 aliphatic carbocycles. The SMILES string of the molecule is CC(=O)OC/C(=C/c1ccco1)NC(=O)OC(C)(C)C. The van der Waals surface area contributed by atoms with Crippen molar-refractivity contribution in [3.05, 3.63) is 29.9 Å². The van der Waals surface area contributed by atoms with Crippen LogP contribution in [0.15, 0.2) is 28.5 Å². The van der Waals surface area contributed by atoms with Crippen molar-refractivity contribution >= 4 is 18.1 Å². The van der Waals surface area contributed by atoms with Crippen molar-refractivity contribution in [2.75, 3.05) is 6.61 Å². The van der Waals surface area contributed by atoms with Crippen LogP contribution in [0, 0.1) is 0 Å². The first-order valence-corrected chi connectivity index (χ1v) is 6.14. The zero-order valence-corrected chi connectivity index (χ0v) is 12.1. The molecular weight excluding hydrogens is 262 g/mol. The molecule has 0 bridgehead atoms. The number of hydrogen-bond donors (Lipinski definition) is 1. The number of rotatable bonds is 4. The first-order valence-electron chi connectivity index (χ1n) is 6.14. The number of hydrogen-bond acceptors (Lipinski definition) is 5. The van der Waals surface area contributed by atoms with Crippen molar-refractivity contribution in [2.45, 2.75) is 33.3 Å². The molecule has 0 fully saturated rings. The average Bonchev–Trinajstić information content (AvgIpc) is 2.75. The zero-order chi connectivity index (χ0) is 15.2. The van der Waals surface area contributed by atoms with Gasteiger partial charge in [-0.05, 0) is 32.9 Å². The number of ether oxygens (including phenoxy) is 2. The Balaban J connectivity index is 2.72. The largest absolute Gasteiger partial charge is 0.465 e. The fourth-order valence-electron chi connectivity index (χ4n) is 1.27. The molecule has 0 saturated heterocycles. The maximum Gasteiger partial charge on any atom is 0.412 e. The van der Waals surface area contributed by atoms with E-state index >= 15 is 0 Å². The summed E-state index contributed by atoms with van der Waals surface area (Å²) in [5.74, 6) is 0.0875. The predicted octanol–water partition coefficient (Wildman–Crippen LogP) is 2.71. The van der Waals surface area contributed by atoms with Gasteiger partial charge in [0.1, 0.15) is 18.0 Å². The van der Waals surface area contributed by atoms with Crippen LogP contribution in [0.2, 0.25) is 0 Å². The number of carbonyl (C=O) groups is 2. The molecule has 1 aromatic heterocycles. The minimum Gasteiger partial charge on any atom is -0.465 e. The lowest BCUT2D eigenvalue weighted by atomic mass is 10.2. The quantitative estimate of drug-likeness (QED) is 0.858. The van der Waals surface area contributed by atoms with E-state index in [0.29, 0.717) is 11.5 Å². The molecule has 1 N–H and O–H groups in total. The van der Waals surface area contributed by atoms with E-state index < -0.39 is 17.7 Å². The van der Waals surface area contributed by atoms with Crippen LogP contribution < -0.4 is 5.32 Å². The second kappa shape index (κ2) is 6.79. The fraction of sp³-hybridized carbons (Fsp3) is 0.429. The Labute approximate surface area is 117 Å². The summed E-state index contributed by atoms with van der Waals surface area (Å²) in [5.41, 5.74) is -0.245. The summed E-state index contributed by atoms with van der Waals surface area (Å²) in [5, 5.41) is 2.53. The fourth-order valence-corrected chi connectivity index (χ4v) is 1.27. The topological polar surface area (TPSA) is 77.8 Å². The molecule has 0 atom stereocenters. The van der Waals surface area contributed by atoms with Crippen molar-refractivity contribution in [3.8, 4) is 0 Å². The summed E-state index contributed by atoms with van der Waals surface area (Å²) in [6.07, 6.45) is 2.44. The maximum atomic E-state index is 11.7. The Morgan fingerprint density at radius 2 is 2.10 bits per heavy atom. The molecule has 0 radical (unpaired) electrons. The van der Waals surface area contributed by atoms with E-state index in [9.17, 15) is 9.59 Å². The van der Waals surface area contributed by atoms with E-state index in [0.717, 1.165) is 0 Å². The van der Waals surface area contributed by atoms with Gasteiger partial charge in [-0.15, -0.1) is 0 Å². The Morgan fingerprint density at radius 3 is 2.60 bits per heavy atom. The number of carbonyl (C=O) groups excluding carboxylic acids is 2. The normalized spacial score (nSPS) is 11.9. The molecule has 6 nitrogen and oxygen atoms in total. The molecule has 0 aromatic carbocycles. The highest BCUT2D eigenvalue weighted by atomic mass is 16.6. The van der Waals surface area contributed by atoms with Crippen molar-refractivity contribution in [2.24, 2.45) is 0 Å². The van der Waals surface area contributed by atoms with Crippen molar-refractivity contribution < 1.29 is 23.5 Å². The zero-order valence-electron chi connectivity index (χ0n) is 12.1. The third-order valence-electron chi connectivity index (χ3n) is 1.95. The Morgan fingerprint density at radius 1 is 1.40 bits per heavy atom. The minimum atomic E-state index is -0.623. The highest BCUT2D eigenvalue weighted by molar-refractivity contribution is 5.72. The monoisotopic (exact) mass is 281 g/mol. The van der Waals surface area contributed by atoms with Crippen molar-refractivity contribution in [3.63, 3.8) is 0 Å². The molecule has 0 aliphatic rings. The lowest BCUT2D eigenvalue weighted by molar-refractivity contribution is -0.140. The first kappa shape index (κ1) is 15.8. The molecule has 110 valence electrons. The van der Waals surface area contributed by atoms with E-state index in [-0.39, 0.29) is 6.61 Å². The lowest BCUT2D eigenvalue weighted by Crippen LogP contribution is -2.33. The van der Waals surface area contributed by atoms with E-state index in [4.69, 9.17) is 13.9 Å². The number of nitrogens with one attached hydrogen (secondary N) is 1. The smallest absolute Gasteiger partial charge is 0.412 e. The van der Waals surface area contributed by atoms with Crippen LogP contribution in [0.3, 0.4) is 0 Å². The molecule has 1 aromatic rings. The molecule has 0 saturated carbocycles. The van der Waals surface area contributed by atoms with Gasteiger partial charge in [-0.2, -0.15) is 0 Å². The van der Waals surface area contributed by atoms with Crippen LogP contribution >= 0.6 is 0 Å². The van der Waals surface area contributed by atoms with E-state index in [1.54, 1.807) is 39.0 Å². The van der Waals surface area contributed by atoms with Crippen LogP contribution in [-0.4, -0.2) is 24.3 Å². The van der Waals surface area contributed by atoms with Crippen LogP contribution in [0.5, 0.6) is 0 Å². The van der Waals surface area contributed by atoms with E-state index in [1.807, 2.05) is 0 Å². The van der Waals surface area contributed by atoms with Crippen molar-refractivity contribution in [1.82, 2.24) is 5.32 Å².